The van der Waals surface area contributed by atoms with Crippen molar-refractivity contribution in [2.45, 2.75) is 58.4 Å². The molecule has 1 fully saturated rings. The maximum Gasteiger partial charge on any atom is 0.242 e. The number of carbonyl (C=O) groups is 2. The number of nitrogens with zero attached hydrogens (tertiary/aromatic N) is 3. The average Bonchev–Trinajstić information content (AvgIpc) is 3.12. The fraction of sp³-hybridized carbons (Fsp3) is 0.727. The zero-order chi connectivity index (χ0) is 20.4. The zero-order valence-corrected chi connectivity index (χ0v) is 17.9. The van der Waals surface area contributed by atoms with Crippen LogP contribution in [0.4, 0.5) is 0 Å². The van der Waals surface area contributed by atoms with Gasteiger partial charge in [-0.25, -0.2) is 0 Å². The van der Waals surface area contributed by atoms with E-state index in [0.29, 0.717) is 19.7 Å². The summed E-state index contributed by atoms with van der Waals surface area (Å²) < 4.78 is 7.24. The lowest BCUT2D eigenvalue weighted by molar-refractivity contribution is -0.144. The number of aryl methyl sites for hydroxylation is 1. The highest BCUT2D eigenvalue weighted by atomic mass is 16.5. The van der Waals surface area contributed by atoms with Crippen LogP contribution < -0.4 is 0 Å². The third-order valence-electron chi connectivity index (χ3n) is 5.70. The van der Waals surface area contributed by atoms with Gasteiger partial charge in [0, 0.05) is 45.1 Å². The van der Waals surface area contributed by atoms with E-state index in [9.17, 15) is 9.59 Å². The van der Waals surface area contributed by atoms with Gasteiger partial charge in [-0.15, -0.1) is 0 Å². The lowest BCUT2D eigenvalue weighted by atomic mass is 9.88. The molecule has 0 saturated heterocycles. The molecule has 1 saturated carbocycles. The Morgan fingerprint density at radius 1 is 1.18 bits per heavy atom. The predicted molar refractivity (Wildman–Crippen MR) is 111 cm³/mol. The quantitative estimate of drug-likeness (QED) is 0.582. The highest BCUT2D eigenvalue weighted by molar-refractivity contribution is 5.86. The summed E-state index contributed by atoms with van der Waals surface area (Å²) in [5.74, 6) is 0.213. The molecule has 28 heavy (non-hydrogen) atoms. The average molecular weight is 392 g/mol. The van der Waals surface area contributed by atoms with Gasteiger partial charge < -0.3 is 19.1 Å². The van der Waals surface area contributed by atoms with E-state index in [0.717, 1.165) is 50.8 Å². The van der Waals surface area contributed by atoms with Crippen molar-refractivity contribution in [2.75, 3.05) is 33.4 Å². The van der Waals surface area contributed by atoms with Crippen LogP contribution in [0.2, 0.25) is 0 Å². The van der Waals surface area contributed by atoms with Crippen molar-refractivity contribution in [3.63, 3.8) is 0 Å². The number of rotatable bonds is 11. The number of amides is 2. The van der Waals surface area contributed by atoms with Crippen LogP contribution in [0.5, 0.6) is 0 Å². The van der Waals surface area contributed by atoms with Crippen molar-refractivity contribution in [2.24, 2.45) is 13.0 Å². The van der Waals surface area contributed by atoms with E-state index in [1.54, 1.807) is 12.0 Å². The minimum absolute atomic E-state index is 0.0231. The molecule has 2 rings (SSSR count). The molecule has 1 aromatic rings. The fourth-order valence-electron chi connectivity index (χ4n) is 3.84. The molecule has 158 valence electrons. The lowest BCUT2D eigenvalue weighted by Crippen LogP contribution is -2.46. The van der Waals surface area contributed by atoms with Crippen LogP contribution in [0.15, 0.2) is 18.3 Å². The third kappa shape index (κ3) is 6.66. The molecule has 2 amide bonds. The van der Waals surface area contributed by atoms with Crippen LogP contribution >= 0.6 is 0 Å². The van der Waals surface area contributed by atoms with Crippen LogP contribution in [0.1, 0.15) is 57.6 Å². The fourth-order valence-corrected chi connectivity index (χ4v) is 3.84. The molecule has 1 heterocycles. The summed E-state index contributed by atoms with van der Waals surface area (Å²) in [5.41, 5.74) is 1.10. The van der Waals surface area contributed by atoms with E-state index in [1.807, 2.05) is 34.8 Å². The number of unbranched alkanes of at least 4 members (excludes halogenated alkanes) is 1. The van der Waals surface area contributed by atoms with Gasteiger partial charge in [-0.05, 0) is 31.4 Å². The van der Waals surface area contributed by atoms with E-state index < -0.39 is 0 Å². The highest BCUT2D eigenvalue weighted by Crippen LogP contribution is 2.25. The van der Waals surface area contributed by atoms with Gasteiger partial charge in [-0.3, -0.25) is 9.59 Å². The second-order valence-corrected chi connectivity index (χ2v) is 7.87. The molecule has 1 aliphatic rings. The van der Waals surface area contributed by atoms with Gasteiger partial charge in [0.2, 0.25) is 11.8 Å². The summed E-state index contributed by atoms with van der Waals surface area (Å²) >= 11 is 0. The Bertz CT molecular complexity index is 608. The third-order valence-corrected chi connectivity index (χ3v) is 5.70. The Morgan fingerprint density at radius 3 is 2.54 bits per heavy atom. The van der Waals surface area contributed by atoms with Crippen LogP contribution in [0.25, 0.3) is 0 Å². The minimum atomic E-state index is 0.0231. The van der Waals surface area contributed by atoms with Crippen LogP contribution in [-0.2, 0) is 27.9 Å². The first-order valence-corrected chi connectivity index (χ1v) is 10.7. The van der Waals surface area contributed by atoms with Gasteiger partial charge in [0.05, 0.1) is 19.7 Å². The lowest BCUT2D eigenvalue weighted by Gasteiger charge is -2.31. The molecule has 0 radical (unpaired) electrons. The van der Waals surface area contributed by atoms with E-state index in [2.05, 4.69) is 6.92 Å². The summed E-state index contributed by atoms with van der Waals surface area (Å²) in [6.45, 7) is 4.51. The molecule has 0 N–H and O–H groups in total. The van der Waals surface area contributed by atoms with Crippen molar-refractivity contribution >= 4 is 11.8 Å². The van der Waals surface area contributed by atoms with E-state index in [1.165, 1.54) is 6.42 Å². The number of ether oxygens (including phenoxy) is 1. The van der Waals surface area contributed by atoms with E-state index in [4.69, 9.17) is 4.74 Å². The first-order valence-electron chi connectivity index (χ1n) is 10.7. The van der Waals surface area contributed by atoms with Crippen molar-refractivity contribution in [1.29, 1.82) is 0 Å². The smallest absolute Gasteiger partial charge is 0.242 e. The Balaban J connectivity index is 2.05. The highest BCUT2D eigenvalue weighted by Gasteiger charge is 2.28. The Hall–Kier alpha value is -1.82. The SMILES string of the molecule is CCCCN(Cc1cccn1C)C(=O)CN(CCOC)C(=O)C1CCCCC1. The summed E-state index contributed by atoms with van der Waals surface area (Å²) in [7, 11) is 3.63. The maximum atomic E-state index is 13.1. The standard InChI is InChI=1S/C22H37N3O3/c1-4-5-14-24(17-20-12-9-13-23(20)2)21(26)18-25(15-16-28-3)22(27)19-10-7-6-8-11-19/h9,12-13,19H,4-8,10-11,14-18H2,1-3H3. The van der Waals surface area contributed by atoms with Crippen LogP contribution in [0, 0.1) is 5.92 Å². The number of hydrogen-bond donors (Lipinski definition) is 0. The Labute approximate surface area is 169 Å². The molecule has 1 aromatic heterocycles. The molecule has 0 spiro atoms. The van der Waals surface area contributed by atoms with Crippen molar-refractivity contribution < 1.29 is 14.3 Å². The maximum absolute atomic E-state index is 13.1. The second-order valence-electron chi connectivity index (χ2n) is 7.87. The molecule has 0 aromatic carbocycles. The van der Waals surface area contributed by atoms with Gasteiger partial charge >= 0.3 is 0 Å². The van der Waals surface area contributed by atoms with E-state index in [-0.39, 0.29) is 24.3 Å². The molecule has 6 heteroatoms. The van der Waals surface area contributed by atoms with Crippen LogP contribution in [0.3, 0.4) is 0 Å². The van der Waals surface area contributed by atoms with Crippen molar-refractivity contribution in [3.05, 3.63) is 24.0 Å². The molecular weight excluding hydrogens is 354 g/mol. The van der Waals surface area contributed by atoms with Gasteiger partial charge in [0.1, 0.15) is 0 Å². The van der Waals surface area contributed by atoms with Gasteiger partial charge in [-0.2, -0.15) is 0 Å². The van der Waals surface area contributed by atoms with Crippen molar-refractivity contribution in [3.8, 4) is 0 Å². The molecule has 0 aliphatic heterocycles. The van der Waals surface area contributed by atoms with Crippen molar-refractivity contribution in [1.82, 2.24) is 14.4 Å². The monoisotopic (exact) mass is 391 g/mol. The number of aromatic nitrogens is 1. The molecule has 6 nitrogen and oxygen atoms in total. The van der Waals surface area contributed by atoms with Gasteiger partial charge in [0.15, 0.2) is 0 Å². The number of methoxy groups -OCH3 is 1. The largest absolute Gasteiger partial charge is 0.383 e. The molecule has 0 bridgehead atoms. The van der Waals surface area contributed by atoms with Crippen LogP contribution in [-0.4, -0.2) is 59.5 Å². The summed E-state index contributed by atoms with van der Waals surface area (Å²) in [6, 6.07) is 4.04. The molecule has 0 atom stereocenters. The molecule has 1 aliphatic carbocycles. The zero-order valence-electron chi connectivity index (χ0n) is 17.9. The first-order chi connectivity index (χ1) is 13.6. The Kier molecular flexibility index (Phi) is 9.55. The second kappa shape index (κ2) is 11.9. The van der Waals surface area contributed by atoms with Gasteiger partial charge in [-0.1, -0.05) is 32.6 Å². The first kappa shape index (κ1) is 22.5. The molecule has 0 unspecified atom stereocenters. The summed E-state index contributed by atoms with van der Waals surface area (Å²) in [6.07, 6.45) is 9.31. The topological polar surface area (TPSA) is 54.8 Å². The van der Waals surface area contributed by atoms with E-state index >= 15 is 0 Å². The summed E-state index contributed by atoms with van der Waals surface area (Å²) in [4.78, 5) is 29.8. The summed E-state index contributed by atoms with van der Waals surface area (Å²) in [5, 5.41) is 0. The van der Waals surface area contributed by atoms with Gasteiger partial charge in [0.25, 0.3) is 0 Å². The minimum Gasteiger partial charge on any atom is -0.383 e. The Morgan fingerprint density at radius 2 is 1.93 bits per heavy atom. The number of carbonyl (C=O) groups excluding carboxylic acids is 2. The normalized spacial score (nSPS) is 14.8. The molecular formula is C22H37N3O3. The number of hydrogen-bond acceptors (Lipinski definition) is 3. The predicted octanol–water partition coefficient (Wildman–Crippen LogP) is 3.21.